The number of nitrogens with one attached hydrogen (secondary N) is 1. The van der Waals surface area contributed by atoms with Crippen molar-refractivity contribution in [3.63, 3.8) is 0 Å². The molecule has 0 spiro atoms. The van der Waals surface area contributed by atoms with E-state index in [4.69, 9.17) is 11.6 Å². The molecule has 1 aromatic carbocycles. The lowest BCUT2D eigenvalue weighted by molar-refractivity contribution is 0.307. The zero-order chi connectivity index (χ0) is 14.8. The van der Waals surface area contributed by atoms with Crippen LogP contribution in [0.25, 0.3) is 0 Å². The van der Waals surface area contributed by atoms with Gasteiger partial charge >= 0.3 is 4.87 Å². The Kier molecular flexibility index (Phi) is 3.05. The largest absolute Gasteiger partial charge is 0.307 e. The Bertz CT molecular complexity index is 798. The highest BCUT2D eigenvalue weighted by Gasteiger charge is 2.54. The molecule has 1 aromatic heterocycles. The molecule has 2 saturated carbocycles. The number of halogens is 1. The van der Waals surface area contributed by atoms with Crippen LogP contribution in [0, 0.1) is 17.8 Å². The van der Waals surface area contributed by atoms with E-state index in [2.05, 4.69) is 17.1 Å². The number of hydrogen-bond donors (Lipinski definition) is 1. The van der Waals surface area contributed by atoms with Crippen LogP contribution >= 0.6 is 34.7 Å². The fourth-order valence-corrected chi connectivity index (χ4v) is 8.06. The second kappa shape index (κ2) is 4.89. The number of benzene rings is 1. The molecule has 22 heavy (non-hydrogen) atoms. The van der Waals surface area contributed by atoms with Crippen molar-refractivity contribution in [2.75, 3.05) is 0 Å². The van der Waals surface area contributed by atoms with E-state index in [0.717, 1.165) is 21.9 Å². The van der Waals surface area contributed by atoms with E-state index in [9.17, 15) is 4.79 Å². The molecule has 2 aliphatic carbocycles. The predicted octanol–water partition coefficient (Wildman–Crippen LogP) is 4.74. The number of thiazole rings is 1. The van der Waals surface area contributed by atoms with E-state index < -0.39 is 0 Å². The monoisotopic (exact) mass is 349 g/mol. The van der Waals surface area contributed by atoms with E-state index >= 15 is 0 Å². The second-order valence-corrected chi connectivity index (χ2v) is 9.31. The molecule has 0 saturated heterocycles. The minimum Gasteiger partial charge on any atom is -0.307 e. The maximum atomic E-state index is 11.9. The van der Waals surface area contributed by atoms with Crippen LogP contribution in [-0.2, 0) is 0 Å². The van der Waals surface area contributed by atoms with Gasteiger partial charge in [-0.15, -0.1) is 11.8 Å². The summed E-state index contributed by atoms with van der Waals surface area (Å²) in [6.07, 6.45) is 4.07. The van der Waals surface area contributed by atoms with Crippen LogP contribution in [0.15, 0.2) is 34.1 Å². The van der Waals surface area contributed by atoms with Gasteiger partial charge in [0, 0.05) is 21.1 Å². The van der Waals surface area contributed by atoms with Gasteiger partial charge in [0.05, 0.1) is 5.03 Å². The minimum absolute atomic E-state index is 0.0712. The van der Waals surface area contributed by atoms with E-state index in [1.807, 2.05) is 23.9 Å². The molecular formula is C17H16ClNOS2. The van der Waals surface area contributed by atoms with E-state index in [1.165, 1.54) is 41.0 Å². The lowest BCUT2D eigenvalue weighted by atomic mass is 9.75. The van der Waals surface area contributed by atoms with Gasteiger partial charge in [-0.3, -0.25) is 4.79 Å². The summed E-state index contributed by atoms with van der Waals surface area (Å²) in [5.74, 6) is 2.56. The van der Waals surface area contributed by atoms with Gasteiger partial charge in [-0.25, -0.2) is 0 Å². The fourth-order valence-electron chi connectivity index (χ4n) is 4.92. The normalized spacial score (nSPS) is 35.4. The van der Waals surface area contributed by atoms with Crippen molar-refractivity contribution in [1.29, 1.82) is 0 Å². The van der Waals surface area contributed by atoms with Crippen LogP contribution in [0.2, 0.25) is 5.02 Å². The first-order valence-corrected chi connectivity index (χ1v) is 9.94. The first-order valence-electron chi connectivity index (χ1n) is 7.86. The molecular weight excluding hydrogens is 334 g/mol. The van der Waals surface area contributed by atoms with Gasteiger partial charge in [-0.05, 0) is 48.6 Å². The fraction of sp³-hybridized carbons (Fsp3) is 0.471. The molecule has 5 rings (SSSR count). The summed E-state index contributed by atoms with van der Waals surface area (Å²) in [7, 11) is 0. The molecule has 0 unspecified atom stereocenters. The number of fused-ring (bicyclic) bond motifs is 6. The summed E-state index contributed by atoms with van der Waals surface area (Å²) in [6.45, 7) is 0. The van der Waals surface area contributed by atoms with Crippen LogP contribution < -0.4 is 4.87 Å². The minimum atomic E-state index is 0.0712. The number of aromatic nitrogens is 1. The lowest BCUT2D eigenvalue weighted by Gasteiger charge is -2.40. The summed E-state index contributed by atoms with van der Waals surface area (Å²) in [4.78, 5) is 16.3. The van der Waals surface area contributed by atoms with Gasteiger partial charge in [0.1, 0.15) is 0 Å². The van der Waals surface area contributed by atoms with Crippen LogP contribution in [0.1, 0.15) is 35.6 Å². The zero-order valence-electron chi connectivity index (χ0n) is 11.9. The number of hydrogen-bond acceptors (Lipinski definition) is 3. The SMILES string of the molecule is O=c1[nH]c2c(s1)[C@@H](c1ccccc1Cl)[C@@H]1[C@@H]3CC[C@@H](C3)[C@@H]1S2. The third-order valence-electron chi connectivity index (χ3n) is 5.71. The first kappa shape index (κ1) is 13.7. The van der Waals surface area contributed by atoms with Crippen molar-refractivity contribution < 1.29 is 0 Å². The highest BCUT2D eigenvalue weighted by molar-refractivity contribution is 8.00. The van der Waals surface area contributed by atoms with Gasteiger partial charge in [0.15, 0.2) is 0 Å². The summed E-state index contributed by atoms with van der Waals surface area (Å²) in [5.41, 5.74) is 1.21. The molecule has 0 radical (unpaired) electrons. The third kappa shape index (κ3) is 1.84. The summed E-state index contributed by atoms with van der Waals surface area (Å²) < 4.78 is 0. The second-order valence-electron chi connectivity index (χ2n) is 6.70. The Hall–Kier alpha value is -0.710. The third-order valence-corrected chi connectivity index (χ3v) is 8.67. The average molecular weight is 350 g/mol. The molecule has 2 fully saturated rings. The first-order chi connectivity index (χ1) is 10.7. The number of rotatable bonds is 1. The number of H-pyrrole nitrogens is 1. The van der Waals surface area contributed by atoms with Gasteiger partial charge in [-0.2, -0.15) is 0 Å². The van der Waals surface area contributed by atoms with Crippen LogP contribution in [0.5, 0.6) is 0 Å². The van der Waals surface area contributed by atoms with E-state index in [1.54, 1.807) is 0 Å². The molecule has 5 heteroatoms. The zero-order valence-corrected chi connectivity index (χ0v) is 14.3. The van der Waals surface area contributed by atoms with E-state index in [-0.39, 0.29) is 4.87 Å². The lowest BCUT2D eigenvalue weighted by Crippen LogP contribution is -2.33. The van der Waals surface area contributed by atoms with Gasteiger partial charge in [-0.1, -0.05) is 41.1 Å². The maximum Gasteiger partial charge on any atom is 0.305 e. The van der Waals surface area contributed by atoms with Gasteiger partial charge in [0.25, 0.3) is 0 Å². The predicted molar refractivity (Wildman–Crippen MR) is 92.2 cm³/mol. The van der Waals surface area contributed by atoms with Crippen molar-refractivity contribution >= 4 is 34.7 Å². The Morgan fingerprint density at radius 2 is 2.00 bits per heavy atom. The highest BCUT2D eigenvalue weighted by atomic mass is 35.5. The van der Waals surface area contributed by atoms with Crippen LogP contribution in [0.3, 0.4) is 0 Å². The molecule has 2 nitrogen and oxygen atoms in total. The molecule has 0 amide bonds. The van der Waals surface area contributed by atoms with Crippen molar-refractivity contribution in [1.82, 2.24) is 4.98 Å². The maximum absolute atomic E-state index is 11.9. The quantitative estimate of drug-likeness (QED) is 0.806. The Labute approximate surface area is 142 Å². The van der Waals surface area contributed by atoms with Crippen molar-refractivity contribution in [3.8, 4) is 0 Å². The van der Waals surface area contributed by atoms with E-state index in [0.29, 0.717) is 17.1 Å². The average Bonchev–Trinajstić information content (AvgIpc) is 3.19. The molecule has 3 aliphatic rings. The van der Waals surface area contributed by atoms with Gasteiger partial charge < -0.3 is 4.98 Å². The molecule has 1 aliphatic heterocycles. The van der Waals surface area contributed by atoms with Gasteiger partial charge in [0.2, 0.25) is 0 Å². The molecule has 5 atom stereocenters. The summed E-state index contributed by atoms with van der Waals surface area (Å²) in [6, 6.07) is 8.19. The molecule has 2 heterocycles. The van der Waals surface area contributed by atoms with Crippen molar-refractivity contribution in [2.45, 2.75) is 35.5 Å². The standard InChI is InChI=1S/C17H16ClNOS2/c18-11-4-2-1-3-10(11)13-12-8-5-6-9(7-8)14(12)21-16-15(13)22-17(20)19-16/h1-4,8-9,12-14H,5-7H2,(H,19,20)/t8-,9+,12+,13+,14+/m1/s1. The van der Waals surface area contributed by atoms with Crippen molar-refractivity contribution in [2.24, 2.45) is 17.8 Å². The molecule has 2 aromatic rings. The molecule has 1 N–H and O–H groups in total. The topological polar surface area (TPSA) is 32.9 Å². The Balaban J connectivity index is 1.72. The molecule has 2 bridgehead atoms. The number of thioether (sulfide) groups is 1. The van der Waals surface area contributed by atoms with Crippen LogP contribution in [-0.4, -0.2) is 10.2 Å². The number of aromatic amines is 1. The summed E-state index contributed by atoms with van der Waals surface area (Å²) in [5, 5.41) is 2.60. The smallest absolute Gasteiger partial charge is 0.305 e. The molecule has 114 valence electrons. The Morgan fingerprint density at radius 1 is 1.18 bits per heavy atom. The highest BCUT2D eigenvalue weighted by Crippen LogP contribution is 2.64. The Morgan fingerprint density at radius 3 is 2.86 bits per heavy atom. The van der Waals surface area contributed by atoms with Crippen LogP contribution in [0.4, 0.5) is 0 Å². The van der Waals surface area contributed by atoms with Crippen molar-refractivity contribution in [3.05, 3.63) is 49.4 Å². The summed E-state index contributed by atoms with van der Waals surface area (Å²) >= 11 is 9.85.